The molecule has 2 aromatic carbocycles. The van der Waals surface area contributed by atoms with E-state index in [0.717, 1.165) is 56.1 Å². The highest BCUT2D eigenvalue weighted by Gasteiger charge is 2.36. The summed E-state index contributed by atoms with van der Waals surface area (Å²) < 4.78 is 66.5. The SMILES string of the molecule is CC[C@@H](C(=O)NC1CCCCC1)N(CCc1ccccc1)C(=O)CN(c1ccc(Cl)c(C(F)(F)F)c1)S(C)(=O)=O. The van der Waals surface area contributed by atoms with Gasteiger partial charge in [0.15, 0.2) is 0 Å². The van der Waals surface area contributed by atoms with Crippen LogP contribution in [0.3, 0.4) is 0 Å². The maximum atomic E-state index is 13.7. The van der Waals surface area contributed by atoms with E-state index in [1.165, 1.54) is 4.90 Å². The zero-order valence-electron chi connectivity index (χ0n) is 22.6. The number of rotatable bonds is 11. The Hall–Kier alpha value is -2.79. The van der Waals surface area contributed by atoms with E-state index in [1.54, 1.807) is 6.92 Å². The average molecular weight is 602 g/mol. The lowest BCUT2D eigenvalue weighted by atomic mass is 9.95. The molecule has 1 aliphatic carbocycles. The summed E-state index contributed by atoms with van der Waals surface area (Å²) in [5.41, 5.74) is -0.655. The molecule has 2 aromatic rings. The van der Waals surface area contributed by atoms with Crippen LogP contribution in [0, 0.1) is 0 Å². The first-order chi connectivity index (χ1) is 18.8. The summed E-state index contributed by atoms with van der Waals surface area (Å²) in [5.74, 6) is -1.02. The van der Waals surface area contributed by atoms with Gasteiger partial charge in [0.25, 0.3) is 0 Å². The van der Waals surface area contributed by atoms with Gasteiger partial charge in [0.05, 0.1) is 22.5 Å². The Morgan fingerprint density at radius 1 is 1.07 bits per heavy atom. The molecule has 12 heteroatoms. The second-order valence-corrected chi connectivity index (χ2v) is 12.3. The molecular weight excluding hydrogens is 567 g/mol. The Labute approximate surface area is 238 Å². The molecule has 0 radical (unpaired) electrons. The molecule has 40 heavy (non-hydrogen) atoms. The van der Waals surface area contributed by atoms with Crippen molar-refractivity contribution in [3.05, 3.63) is 64.7 Å². The van der Waals surface area contributed by atoms with Crippen molar-refractivity contribution in [2.75, 3.05) is 23.7 Å². The monoisotopic (exact) mass is 601 g/mol. The molecule has 0 bridgehead atoms. The molecule has 1 atom stereocenters. The molecule has 1 aliphatic rings. The number of nitrogens with zero attached hydrogens (tertiary/aromatic N) is 2. The summed E-state index contributed by atoms with van der Waals surface area (Å²) >= 11 is 5.72. The highest BCUT2D eigenvalue weighted by Crippen LogP contribution is 2.37. The first-order valence-electron chi connectivity index (χ1n) is 13.3. The molecule has 0 saturated heterocycles. The van der Waals surface area contributed by atoms with Crippen molar-refractivity contribution in [2.45, 2.75) is 70.1 Å². The number of amides is 2. The standard InChI is InChI=1S/C28H35ClF3N3O4S/c1-3-25(27(37)33-21-12-8-5-9-13-21)34(17-16-20-10-6-4-7-11-20)26(36)19-35(40(2,38)39)22-14-15-24(29)23(18-22)28(30,31)32/h4,6-7,10-11,14-15,18,21,25H,3,5,8-9,12-13,16-17,19H2,1-2H3,(H,33,37)/t25-/m0/s1. The molecule has 1 N–H and O–H groups in total. The summed E-state index contributed by atoms with van der Waals surface area (Å²) in [6, 6.07) is 11.1. The number of anilines is 1. The van der Waals surface area contributed by atoms with Crippen LogP contribution >= 0.6 is 11.6 Å². The van der Waals surface area contributed by atoms with Crippen molar-refractivity contribution in [2.24, 2.45) is 0 Å². The van der Waals surface area contributed by atoms with Crippen LogP contribution in [0.4, 0.5) is 18.9 Å². The maximum absolute atomic E-state index is 13.7. The van der Waals surface area contributed by atoms with Crippen LogP contribution in [0.1, 0.15) is 56.6 Å². The van der Waals surface area contributed by atoms with E-state index in [1.807, 2.05) is 30.3 Å². The lowest BCUT2D eigenvalue weighted by Gasteiger charge is -2.34. The fraction of sp³-hybridized carbons (Fsp3) is 0.500. The van der Waals surface area contributed by atoms with Gasteiger partial charge in [-0.2, -0.15) is 13.2 Å². The van der Waals surface area contributed by atoms with E-state index < -0.39 is 45.3 Å². The first kappa shape index (κ1) is 31.7. The number of hydrogen-bond donors (Lipinski definition) is 1. The Morgan fingerprint density at radius 2 is 1.73 bits per heavy atom. The van der Waals surface area contributed by atoms with E-state index >= 15 is 0 Å². The summed E-state index contributed by atoms with van der Waals surface area (Å²) in [6.45, 7) is 1.10. The average Bonchev–Trinajstić information content (AvgIpc) is 2.89. The zero-order valence-corrected chi connectivity index (χ0v) is 24.2. The van der Waals surface area contributed by atoms with E-state index in [4.69, 9.17) is 11.6 Å². The van der Waals surface area contributed by atoms with E-state index in [9.17, 15) is 31.2 Å². The van der Waals surface area contributed by atoms with Gasteiger partial charge in [-0.25, -0.2) is 8.42 Å². The number of halogens is 4. The molecular formula is C28H35ClF3N3O4S. The fourth-order valence-electron chi connectivity index (χ4n) is 4.94. The molecule has 2 amide bonds. The Morgan fingerprint density at radius 3 is 2.30 bits per heavy atom. The van der Waals surface area contributed by atoms with Crippen LogP contribution in [0.5, 0.6) is 0 Å². The van der Waals surface area contributed by atoms with Crippen molar-refractivity contribution in [3.8, 4) is 0 Å². The third kappa shape index (κ3) is 8.60. The fourth-order valence-corrected chi connectivity index (χ4v) is 6.01. The molecule has 0 unspecified atom stereocenters. The minimum Gasteiger partial charge on any atom is -0.352 e. The van der Waals surface area contributed by atoms with Gasteiger partial charge in [0.1, 0.15) is 12.6 Å². The summed E-state index contributed by atoms with van der Waals surface area (Å²) in [7, 11) is -4.19. The van der Waals surface area contributed by atoms with Crippen molar-refractivity contribution in [1.29, 1.82) is 0 Å². The number of carbonyl (C=O) groups is 2. The number of hydrogen-bond acceptors (Lipinski definition) is 4. The van der Waals surface area contributed by atoms with Gasteiger partial charge in [-0.15, -0.1) is 0 Å². The van der Waals surface area contributed by atoms with Gasteiger partial charge in [-0.3, -0.25) is 13.9 Å². The van der Waals surface area contributed by atoms with Crippen LogP contribution in [0.15, 0.2) is 48.5 Å². The van der Waals surface area contributed by atoms with Gasteiger partial charge in [0.2, 0.25) is 21.8 Å². The molecule has 7 nitrogen and oxygen atoms in total. The van der Waals surface area contributed by atoms with Crippen LogP contribution in [0.2, 0.25) is 5.02 Å². The lowest BCUT2D eigenvalue weighted by Crippen LogP contribution is -2.54. The normalized spacial score (nSPS) is 15.3. The third-order valence-corrected chi connectivity index (χ3v) is 8.51. The van der Waals surface area contributed by atoms with Crippen molar-refractivity contribution in [3.63, 3.8) is 0 Å². The minimum absolute atomic E-state index is 0.00347. The van der Waals surface area contributed by atoms with Crippen LogP contribution in [0.25, 0.3) is 0 Å². The number of benzene rings is 2. The predicted octanol–water partition coefficient (Wildman–Crippen LogP) is 5.42. The number of sulfonamides is 1. The molecule has 3 rings (SSSR count). The largest absolute Gasteiger partial charge is 0.417 e. The van der Waals surface area contributed by atoms with Crippen molar-refractivity contribution >= 4 is 39.1 Å². The van der Waals surface area contributed by atoms with Gasteiger partial charge in [0, 0.05) is 12.6 Å². The lowest BCUT2D eigenvalue weighted by molar-refractivity contribution is -0.140. The molecule has 220 valence electrons. The maximum Gasteiger partial charge on any atom is 0.417 e. The minimum atomic E-state index is -4.83. The second-order valence-electron chi connectivity index (χ2n) is 10.0. The molecule has 0 aliphatic heterocycles. The predicted molar refractivity (Wildman–Crippen MR) is 150 cm³/mol. The Balaban J connectivity index is 1.92. The smallest absolute Gasteiger partial charge is 0.352 e. The summed E-state index contributed by atoms with van der Waals surface area (Å²) in [6.07, 6.45) is 1.46. The van der Waals surface area contributed by atoms with E-state index in [-0.39, 0.29) is 30.6 Å². The highest BCUT2D eigenvalue weighted by molar-refractivity contribution is 7.92. The van der Waals surface area contributed by atoms with Crippen LogP contribution < -0.4 is 9.62 Å². The van der Waals surface area contributed by atoms with Crippen molar-refractivity contribution in [1.82, 2.24) is 10.2 Å². The molecule has 1 saturated carbocycles. The van der Waals surface area contributed by atoms with Gasteiger partial charge >= 0.3 is 6.18 Å². The Bertz CT molecular complexity index is 1270. The van der Waals surface area contributed by atoms with Gasteiger partial charge in [-0.1, -0.05) is 68.1 Å². The van der Waals surface area contributed by atoms with Gasteiger partial charge in [-0.05, 0) is 49.4 Å². The number of carbonyl (C=O) groups excluding carboxylic acids is 2. The van der Waals surface area contributed by atoms with Gasteiger partial charge < -0.3 is 10.2 Å². The number of alkyl halides is 3. The number of nitrogens with one attached hydrogen (secondary N) is 1. The van der Waals surface area contributed by atoms with Crippen LogP contribution in [-0.2, 0) is 32.2 Å². The summed E-state index contributed by atoms with van der Waals surface area (Å²) in [4.78, 5) is 28.4. The zero-order chi connectivity index (χ0) is 29.5. The molecule has 0 aromatic heterocycles. The highest BCUT2D eigenvalue weighted by atomic mass is 35.5. The molecule has 0 heterocycles. The van der Waals surface area contributed by atoms with Crippen molar-refractivity contribution < 1.29 is 31.2 Å². The summed E-state index contributed by atoms with van der Waals surface area (Å²) in [5, 5.41) is 2.45. The third-order valence-electron chi connectivity index (χ3n) is 7.04. The second kappa shape index (κ2) is 13.7. The topological polar surface area (TPSA) is 86.8 Å². The molecule has 0 spiro atoms. The molecule has 1 fully saturated rings. The quantitative estimate of drug-likeness (QED) is 0.372. The van der Waals surface area contributed by atoms with E-state index in [0.29, 0.717) is 16.8 Å². The first-order valence-corrected chi connectivity index (χ1v) is 15.5. The Kier molecular flexibility index (Phi) is 10.9. The van der Waals surface area contributed by atoms with E-state index in [2.05, 4.69) is 5.32 Å². The van der Waals surface area contributed by atoms with Crippen LogP contribution in [-0.4, -0.2) is 56.6 Å².